The Bertz CT molecular complexity index is 1220. The minimum Gasteiger partial charge on any atom is -0.409 e. The molecule has 1 aliphatic heterocycles. The van der Waals surface area contributed by atoms with Crippen LogP contribution in [0.5, 0.6) is 5.75 Å². The smallest absolute Gasteiger partial charge is 0.409 e. The largest absolute Gasteiger partial charge is 0.420 e. The highest BCUT2D eigenvalue weighted by molar-refractivity contribution is 6.11. The zero-order valence-electron chi connectivity index (χ0n) is 20.6. The second kappa shape index (κ2) is 12.0. The van der Waals surface area contributed by atoms with Gasteiger partial charge in [-0.1, -0.05) is 0 Å². The lowest BCUT2D eigenvalue weighted by atomic mass is 9.98. The van der Waals surface area contributed by atoms with Crippen molar-refractivity contribution in [2.45, 2.75) is 24.9 Å². The molecule has 2 aromatic carbocycles. The van der Waals surface area contributed by atoms with E-state index in [0.717, 1.165) is 61.9 Å². The normalized spacial score (nSPS) is 15.8. The van der Waals surface area contributed by atoms with Crippen LogP contribution in [0.3, 0.4) is 0 Å². The minimum absolute atomic E-state index is 0.0377. The number of ether oxygens (including phenoxy) is 1. The third kappa shape index (κ3) is 7.69. The van der Waals surface area contributed by atoms with Gasteiger partial charge in [0.25, 0.3) is 0 Å². The molecule has 14 heteroatoms. The highest BCUT2D eigenvalue weighted by atomic mass is 19.4. The average molecular weight is 562 g/mol. The number of aliphatic imine (C=N–C) groups is 1. The number of aliphatic hydroxyl groups is 1. The first-order chi connectivity index (χ1) is 18.2. The van der Waals surface area contributed by atoms with Gasteiger partial charge in [0.1, 0.15) is 5.82 Å². The maximum atomic E-state index is 14.0. The van der Waals surface area contributed by atoms with Crippen LogP contribution >= 0.6 is 0 Å². The monoisotopic (exact) mass is 562 g/mol. The summed E-state index contributed by atoms with van der Waals surface area (Å²) in [4.78, 5) is 19.4. The third-order valence-electron chi connectivity index (χ3n) is 5.85. The molecule has 1 unspecified atom stereocenters. The Labute approximate surface area is 219 Å². The first kappa shape index (κ1) is 29.9. The van der Waals surface area contributed by atoms with E-state index in [1.165, 1.54) is 0 Å². The van der Waals surface area contributed by atoms with Crippen molar-refractivity contribution >= 4 is 23.6 Å². The van der Waals surface area contributed by atoms with Crippen LogP contribution in [0, 0.1) is 5.82 Å². The molecule has 3 N–H and O–H groups in total. The van der Waals surface area contributed by atoms with E-state index in [0.29, 0.717) is 18.8 Å². The van der Waals surface area contributed by atoms with Crippen molar-refractivity contribution in [2.75, 3.05) is 38.1 Å². The molecule has 7 nitrogen and oxygen atoms in total. The Morgan fingerprint density at radius 3 is 2.31 bits per heavy atom. The van der Waals surface area contributed by atoms with Crippen molar-refractivity contribution in [1.29, 1.82) is 0 Å². The number of aliphatic hydroxyl groups excluding tert-OH is 1. The average Bonchev–Trinajstić information content (AvgIpc) is 2.83. The lowest BCUT2D eigenvalue weighted by Crippen LogP contribution is -2.42. The molecule has 1 aliphatic rings. The summed E-state index contributed by atoms with van der Waals surface area (Å²) in [5, 5.41) is 10.1. The summed E-state index contributed by atoms with van der Waals surface area (Å²) in [7, 11) is 1.12. The fourth-order valence-electron chi connectivity index (χ4n) is 3.65. The summed E-state index contributed by atoms with van der Waals surface area (Å²) in [5.74, 6) is -1.88. The summed E-state index contributed by atoms with van der Waals surface area (Å²) in [6.45, 7) is 1.67. The molecular weight excluding hydrogens is 537 g/mol. The number of alkyl halides is 6. The van der Waals surface area contributed by atoms with Gasteiger partial charge in [-0.15, -0.1) is 0 Å². The number of anilines is 1. The van der Waals surface area contributed by atoms with Crippen LogP contribution in [-0.2, 0) is 12.4 Å². The predicted octanol–water partition coefficient (Wildman–Crippen LogP) is 4.94. The van der Waals surface area contributed by atoms with Crippen molar-refractivity contribution in [2.24, 2.45) is 10.7 Å². The number of benzene rings is 2. The number of carbonyl (C=O) groups is 1. The van der Waals surface area contributed by atoms with Gasteiger partial charge in [0.05, 0.1) is 23.8 Å². The highest BCUT2D eigenvalue weighted by Crippen LogP contribution is 2.44. The van der Waals surface area contributed by atoms with E-state index in [1.54, 1.807) is 0 Å². The van der Waals surface area contributed by atoms with Crippen LogP contribution in [0.1, 0.15) is 23.1 Å². The Hall–Kier alpha value is -3.65. The molecule has 1 heterocycles. The number of nitrogens with zero attached hydrogens (tertiary/aromatic N) is 3. The Kier molecular flexibility index (Phi) is 9.22. The number of allylic oxidation sites excluding steroid dienone is 1. The molecule has 1 fully saturated rings. The van der Waals surface area contributed by atoms with Gasteiger partial charge in [-0.05, 0) is 55.9 Å². The van der Waals surface area contributed by atoms with E-state index >= 15 is 0 Å². The lowest BCUT2D eigenvalue weighted by molar-refractivity contribution is -0.143. The Morgan fingerprint density at radius 1 is 1.15 bits per heavy atom. The number of hydrogen-bond donors (Lipinski definition) is 2. The maximum Gasteiger partial charge on any atom is 0.420 e. The van der Waals surface area contributed by atoms with Crippen LogP contribution < -0.4 is 15.4 Å². The van der Waals surface area contributed by atoms with Crippen LogP contribution in [0.15, 0.2) is 47.6 Å². The molecule has 0 aromatic heterocycles. The molecule has 1 amide bonds. The lowest BCUT2D eigenvalue weighted by Gasteiger charge is -2.32. The van der Waals surface area contributed by atoms with Gasteiger partial charge in [0.15, 0.2) is 5.75 Å². The van der Waals surface area contributed by atoms with Crippen LogP contribution in [0.4, 0.5) is 41.2 Å². The number of β-amino-alcohol motifs (C(OH)–C–C–N with tert-alkyl or cyclic N) is 1. The van der Waals surface area contributed by atoms with Crippen molar-refractivity contribution in [3.63, 3.8) is 0 Å². The first-order valence-corrected chi connectivity index (χ1v) is 11.6. The number of hydrogen-bond acceptors (Lipinski definition) is 6. The van der Waals surface area contributed by atoms with E-state index in [4.69, 9.17) is 10.5 Å². The van der Waals surface area contributed by atoms with E-state index in [1.807, 2.05) is 4.90 Å². The molecule has 2 aromatic rings. The number of amides is 1. The molecule has 212 valence electrons. The highest BCUT2D eigenvalue weighted by Gasteiger charge is 2.41. The molecule has 0 aliphatic carbocycles. The Balaban J connectivity index is 2.02. The molecule has 1 atom stereocenters. The summed E-state index contributed by atoms with van der Waals surface area (Å²) in [6, 6.07) is 4.47. The van der Waals surface area contributed by atoms with E-state index in [9.17, 15) is 40.6 Å². The van der Waals surface area contributed by atoms with Gasteiger partial charge in [-0.25, -0.2) is 9.18 Å². The van der Waals surface area contributed by atoms with Gasteiger partial charge in [-0.3, -0.25) is 9.89 Å². The van der Waals surface area contributed by atoms with Gasteiger partial charge in [0, 0.05) is 42.8 Å². The SMILES string of the molecule is CN(C(=O)Oc1c(/C(C=NCC(O)CN2CCC2)=C/N)cc(C(F)(F)F)cc1C(F)(F)F)c1ccc(F)cc1. The molecule has 0 saturated carbocycles. The summed E-state index contributed by atoms with van der Waals surface area (Å²) < 4.78 is 101. The second-order valence-corrected chi connectivity index (χ2v) is 8.72. The molecule has 39 heavy (non-hydrogen) atoms. The van der Waals surface area contributed by atoms with Crippen LogP contribution in [0.2, 0.25) is 0 Å². The second-order valence-electron chi connectivity index (χ2n) is 8.72. The molecule has 0 spiro atoms. The number of halogens is 7. The Morgan fingerprint density at radius 2 is 1.79 bits per heavy atom. The van der Waals surface area contributed by atoms with Crippen molar-refractivity contribution in [1.82, 2.24) is 4.90 Å². The fraction of sp³-hybridized carbons (Fsp3) is 0.360. The number of rotatable bonds is 8. The van der Waals surface area contributed by atoms with Crippen molar-refractivity contribution in [3.05, 3.63) is 65.1 Å². The number of carbonyl (C=O) groups excluding carboxylic acids is 1. The number of nitrogens with two attached hydrogens (primary N) is 1. The third-order valence-corrected chi connectivity index (χ3v) is 5.85. The quantitative estimate of drug-likeness (QED) is 0.352. The van der Waals surface area contributed by atoms with Gasteiger partial charge in [-0.2, -0.15) is 26.3 Å². The summed E-state index contributed by atoms with van der Waals surface area (Å²) >= 11 is 0. The van der Waals surface area contributed by atoms with Crippen LogP contribution in [-0.4, -0.2) is 61.6 Å². The predicted molar refractivity (Wildman–Crippen MR) is 130 cm³/mol. The summed E-state index contributed by atoms with van der Waals surface area (Å²) in [5.41, 5.74) is 0.814. The minimum atomic E-state index is -5.37. The summed E-state index contributed by atoms with van der Waals surface area (Å²) in [6.07, 6.45) is -10.3. The molecule has 1 saturated heterocycles. The standard InChI is InChI=1S/C25H25F7N4O3/c1-35(18-5-3-17(26)4-6-18)23(38)39-22-20(9-16(24(27,28)29)10-21(22)25(30,31)32)15(11-33)12-34-13-19(37)14-36-7-2-8-36/h3-6,9-12,19,37H,2,7-8,13-14,33H2,1H3/b15-11+,34-12?. The zero-order valence-corrected chi connectivity index (χ0v) is 20.6. The molecular formula is C25H25F7N4O3. The van der Waals surface area contributed by atoms with Crippen LogP contribution in [0.25, 0.3) is 5.57 Å². The van der Waals surface area contributed by atoms with E-state index in [-0.39, 0.29) is 18.3 Å². The van der Waals surface area contributed by atoms with E-state index in [2.05, 4.69) is 4.99 Å². The molecule has 3 rings (SSSR count). The van der Waals surface area contributed by atoms with Gasteiger partial charge < -0.3 is 20.5 Å². The molecule has 0 radical (unpaired) electrons. The molecule has 0 bridgehead atoms. The first-order valence-electron chi connectivity index (χ1n) is 11.6. The maximum absolute atomic E-state index is 14.0. The fourth-order valence-corrected chi connectivity index (χ4v) is 3.65. The zero-order chi connectivity index (χ0) is 29.0. The van der Waals surface area contributed by atoms with E-state index < -0.39 is 58.4 Å². The van der Waals surface area contributed by atoms with Crippen molar-refractivity contribution in [3.8, 4) is 5.75 Å². The number of likely N-dealkylation sites (tertiary alicyclic amines) is 1. The topological polar surface area (TPSA) is 91.4 Å². The van der Waals surface area contributed by atoms with Gasteiger partial charge in [0.2, 0.25) is 0 Å². The van der Waals surface area contributed by atoms with Gasteiger partial charge >= 0.3 is 18.4 Å². The van der Waals surface area contributed by atoms with Crippen molar-refractivity contribution < 1.29 is 45.4 Å².